The Morgan fingerprint density at radius 2 is 2.13 bits per heavy atom. The van der Waals surface area contributed by atoms with Crippen molar-refractivity contribution >= 4 is 5.97 Å². The average Bonchev–Trinajstić information content (AvgIpc) is 2.10. The Morgan fingerprint density at radius 1 is 1.53 bits per heavy atom. The van der Waals surface area contributed by atoms with Gasteiger partial charge < -0.3 is 15.2 Å². The Bertz CT molecular complexity index is 224. The Labute approximate surface area is 91.3 Å². The molecule has 4 heteroatoms. The minimum Gasteiger partial charge on any atom is -0.481 e. The first kappa shape index (κ1) is 14.1. The van der Waals surface area contributed by atoms with E-state index in [0.29, 0.717) is 26.3 Å². The van der Waals surface area contributed by atoms with Crippen LogP contribution < -0.4 is 5.32 Å². The quantitative estimate of drug-likeness (QED) is 0.473. The summed E-state index contributed by atoms with van der Waals surface area (Å²) in [5, 5.41) is 11.9. The second-order valence-corrected chi connectivity index (χ2v) is 4.38. The molecule has 0 aliphatic carbocycles. The van der Waals surface area contributed by atoms with Crippen molar-refractivity contribution in [2.45, 2.75) is 20.8 Å². The monoisotopic (exact) mass is 215 g/mol. The van der Waals surface area contributed by atoms with Crippen molar-refractivity contribution in [2.75, 3.05) is 26.3 Å². The number of carbonyl (C=O) groups is 1. The first-order chi connectivity index (χ1) is 6.86. The zero-order chi connectivity index (χ0) is 11.9. The molecule has 0 aliphatic heterocycles. The van der Waals surface area contributed by atoms with Crippen LogP contribution in [0.3, 0.4) is 0 Å². The number of rotatable bonds is 8. The number of aliphatic carboxylic acids is 1. The molecular formula is C11H21NO3. The number of hydrogen-bond donors (Lipinski definition) is 2. The number of carboxylic acid groups (broad SMARTS) is 1. The summed E-state index contributed by atoms with van der Waals surface area (Å²) in [6.45, 7) is 11.2. The third-order valence-corrected chi connectivity index (χ3v) is 1.92. The molecular weight excluding hydrogens is 194 g/mol. The highest BCUT2D eigenvalue weighted by molar-refractivity contribution is 5.73. The summed E-state index contributed by atoms with van der Waals surface area (Å²) < 4.78 is 5.26. The van der Waals surface area contributed by atoms with Gasteiger partial charge in [0.2, 0.25) is 0 Å². The van der Waals surface area contributed by atoms with Gasteiger partial charge in [-0.25, -0.2) is 0 Å². The van der Waals surface area contributed by atoms with Crippen molar-refractivity contribution in [1.29, 1.82) is 0 Å². The third-order valence-electron chi connectivity index (χ3n) is 1.92. The molecule has 0 heterocycles. The van der Waals surface area contributed by atoms with E-state index in [-0.39, 0.29) is 0 Å². The van der Waals surface area contributed by atoms with Crippen LogP contribution in [-0.2, 0) is 9.53 Å². The summed E-state index contributed by atoms with van der Waals surface area (Å²) >= 11 is 0. The summed E-state index contributed by atoms with van der Waals surface area (Å²) in [5.74, 6) is -0.794. The van der Waals surface area contributed by atoms with Gasteiger partial charge in [0.05, 0.1) is 18.6 Å². The van der Waals surface area contributed by atoms with Crippen molar-refractivity contribution in [1.82, 2.24) is 5.32 Å². The van der Waals surface area contributed by atoms with Gasteiger partial charge >= 0.3 is 5.97 Å². The van der Waals surface area contributed by atoms with Crippen LogP contribution in [0.15, 0.2) is 12.2 Å². The summed E-state index contributed by atoms with van der Waals surface area (Å²) in [7, 11) is 0. The lowest BCUT2D eigenvalue weighted by atomic mass is 9.94. The molecule has 0 unspecified atom stereocenters. The summed E-state index contributed by atoms with van der Waals surface area (Å²) in [6.07, 6.45) is 0. The maximum Gasteiger partial charge on any atom is 0.310 e. The van der Waals surface area contributed by atoms with E-state index in [9.17, 15) is 4.79 Å². The van der Waals surface area contributed by atoms with Gasteiger partial charge in [0.1, 0.15) is 0 Å². The normalized spacial score (nSPS) is 11.4. The predicted molar refractivity (Wildman–Crippen MR) is 59.9 cm³/mol. The van der Waals surface area contributed by atoms with Crippen LogP contribution in [0, 0.1) is 5.41 Å². The van der Waals surface area contributed by atoms with E-state index in [0.717, 1.165) is 5.57 Å². The maximum atomic E-state index is 10.7. The van der Waals surface area contributed by atoms with Crippen LogP contribution in [0.2, 0.25) is 0 Å². The third kappa shape index (κ3) is 7.11. The van der Waals surface area contributed by atoms with Gasteiger partial charge in [-0.1, -0.05) is 12.2 Å². The molecule has 0 spiro atoms. The highest BCUT2D eigenvalue weighted by Gasteiger charge is 2.26. The topological polar surface area (TPSA) is 58.6 Å². The van der Waals surface area contributed by atoms with Crippen molar-refractivity contribution in [3.05, 3.63) is 12.2 Å². The molecule has 2 N–H and O–H groups in total. The fourth-order valence-electron chi connectivity index (χ4n) is 0.867. The van der Waals surface area contributed by atoms with E-state index in [1.807, 2.05) is 6.92 Å². The van der Waals surface area contributed by atoms with Crippen molar-refractivity contribution in [2.24, 2.45) is 5.41 Å². The van der Waals surface area contributed by atoms with Crippen molar-refractivity contribution < 1.29 is 14.6 Å². The average molecular weight is 215 g/mol. The Balaban J connectivity index is 3.46. The second kappa shape index (κ2) is 6.58. The molecule has 0 saturated heterocycles. The number of hydrogen-bond acceptors (Lipinski definition) is 3. The lowest BCUT2D eigenvalue weighted by Crippen LogP contribution is -2.37. The number of ether oxygens (including phenoxy) is 1. The number of nitrogens with one attached hydrogen (secondary N) is 1. The molecule has 0 bridgehead atoms. The molecule has 15 heavy (non-hydrogen) atoms. The summed E-state index contributed by atoms with van der Waals surface area (Å²) in [5.41, 5.74) is 0.259. The fourth-order valence-corrected chi connectivity index (χ4v) is 0.867. The molecule has 0 rings (SSSR count). The van der Waals surface area contributed by atoms with E-state index in [1.54, 1.807) is 13.8 Å². The predicted octanol–water partition coefficient (Wildman–Crippen LogP) is 1.28. The van der Waals surface area contributed by atoms with Crippen LogP contribution in [0.1, 0.15) is 20.8 Å². The van der Waals surface area contributed by atoms with Crippen LogP contribution in [0.25, 0.3) is 0 Å². The van der Waals surface area contributed by atoms with Gasteiger partial charge in [-0.15, -0.1) is 0 Å². The van der Waals surface area contributed by atoms with Crippen LogP contribution >= 0.6 is 0 Å². The summed E-state index contributed by atoms with van der Waals surface area (Å²) in [6, 6.07) is 0. The molecule has 0 radical (unpaired) electrons. The molecule has 0 saturated carbocycles. The van der Waals surface area contributed by atoms with E-state index < -0.39 is 11.4 Å². The Kier molecular flexibility index (Phi) is 6.20. The fraction of sp³-hybridized carbons (Fsp3) is 0.727. The molecule has 0 aromatic heterocycles. The largest absolute Gasteiger partial charge is 0.481 e. The second-order valence-electron chi connectivity index (χ2n) is 4.38. The standard InChI is InChI=1S/C11H21NO3/c1-9(2)7-15-6-5-12-8-11(3,4)10(13)14/h12H,1,5-8H2,2-4H3,(H,13,14). The number of carboxylic acids is 1. The van der Waals surface area contributed by atoms with E-state index in [2.05, 4.69) is 11.9 Å². The van der Waals surface area contributed by atoms with Crippen LogP contribution in [-0.4, -0.2) is 37.4 Å². The lowest BCUT2D eigenvalue weighted by Gasteiger charge is -2.19. The molecule has 4 nitrogen and oxygen atoms in total. The zero-order valence-corrected chi connectivity index (χ0v) is 9.80. The smallest absolute Gasteiger partial charge is 0.310 e. The molecule has 0 fully saturated rings. The zero-order valence-electron chi connectivity index (χ0n) is 9.80. The molecule has 0 aromatic rings. The molecule has 0 aliphatic rings. The Hall–Kier alpha value is -0.870. The van der Waals surface area contributed by atoms with Crippen LogP contribution in [0.5, 0.6) is 0 Å². The first-order valence-electron chi connectivity index (χ1n) is 5.02. The highest BCUT2D eigenvalue weighted by Crippen LogP contribution is 2.12. The minimum absolute atomic E-state index is 0.443. The SMILES string of the molecule is C=C(C)COCCNCC(C)(C)C(=O)O. The van der Waals surface area contributed by atoms with Gasteiger partial charge in [-0.05, 0) is 20.8 Å². The Morgan fingerprint density at radius 3 is 2.60 bits per heavy atom. The van der Waals surface area contributed by atoms with Crippen LogP contribution in [0.4, 0.5) is 0 Å². The van der Waals surface area contributed by atoms with E-state index in [1.165, 1.54) is 0 Å². The van der Waals surface area contributed by atoms with Crippen molar-refractivity contribution in [3.8, 4) is 0 Å². The molecule has 88 valence electrons. The van der Waals surface area contributed by atoms with Gasteiger partial charge in [-0.2, -0.15) is 0 Å². The molecule has 0 aromatic carbocycles. The maximum absolute atomic E-state index is 10.7. The molecule has 0 atom stereocenters. The summed E-state index contributed by atoms with van der Waals surface area (Å²) in [4.78, 5) is 10.7. The lowest BCUT2D eigenvalue weighted by molar-refractivity contribution is -0.146. The minimum atomic E-state index is -0.794. The van der Waals surface area contributed by atoms with E-state index >= 15 is 0 Å². The first-order valence-corrected chi connectivity index (χ1v) is 5.02. The molecule has 0 amide bonds. The van der Waals surface area contributed by atoms with Gasteiger partial charge in [-0.3, -0.25) is 4.79 Å². The van der Waals surface area contributed by atoms with Gasteiger partial charge in [0.15, 0.2) is 0 Å². The van der Waals surface area contributed by atoms with Gasteiger partial charge in [0, 0.05) is 13.1 Å². The highest BCUT2D eigenvalue weighted by atomic mass is 16.5. The van der Waals surface area contributed by atoms with Gasteiger partial charge in [0.25, 0.3) is 0 Å². The van der Waals surface area contributed by atoms with Crippen molar-refractivity contribution in [3.63, 3.8) is 0 Å². The van der Waals surface area contributed by atoms with E-state index in [4.69, 9.17) is 9.84 Å².